The molecule has 1 unspecified atom stereocenters. The maximum Gasteiger partial charge on any atom is 0.160 e. The van der Waals surface area contributed by atoms with Gasteiger partial charge in [0.25, 0.3) is 0 Å². The number of aromatic amines is 1. The fourth-order valence-electron chi connectivity index (χ4n) is 2.88. The average Bonchev–Trinajstić information content (AvgIpc) is 3.01. The molecule has 0 bridgehead atoms. The van der Waals surface area contributed by atoms with Crippen molar-refractivity contribution in [1.29, 1.82) is 0 Å². The third-order valence-corrected chi connectivity index (χ3v) is 4.36. The van der Waals surface area contributed by atoms with Crippen LogP contribution in [0.5, 0.6) is 0 Å². The lowest BCUT2D eigenvalue weighted by Gasteiger charge is -2.09. The van der Waals surface area contributed by atoms with Gasteiger partial charge in [-0.15, -0.1) is 5.10 Å². The van der Waals surface area contributed by atoms with Crippen LogP contribution in [0.2, 0.25) is 0 Å². The second-order valence-corrected chi connectivity index (χ2v) is 6.91. The molecule has 0 fully saturated rings. The first kappa shape index (κ1) is 17.5. The number of nitrogens with zero attached hydrogens (tertiary/aromatic N) is 2. The number of alkyl halides is 1. The zero-order valence-corrected chi connectivity index (χ0v) is 14.6. The van der Waals surface area contributed by atoms with E-state index in [0.717, 1.165) is 17.5 Å². The number of fused-ring (bicyclic) bond motifs is 1. The van der Waals surface area contributed by atoms with Crippen molar-refractivity contribution < 1.29 is 8.78 Å². The number of halogens is 2. The molecule has 0 spiro atoms. The molecule has 0 aliphatic rings. The van der Waals surface area contributed by atoms with Crippen molar-refractivity contribution in [3.05, 3.63) is 47.9 Å². The molecule has 3 rings (SSSR count). The Bertz CT molecular complexity index is 842. The third-order valence-electron chi connectivity index (χ3n) is 4.36. The van der Waals surface area contributed by atoms with Crippen molar-refractivity contribution in [2.24, 2.45) is 5.92 Å². The lowest BCUT2D eigenvalue weighted by molar-refractivity contribution is 0.278. The van der Waals surface area contributed by atoms with E-state index >= 15 is 0 Å². The molecule has 0 aliphatic heterocycles. The Morgan fingerprint density at radius 2 is 1.84 bits per heavy atom. The van der Waals surface area contributed by atoms with E-state index in [-0.39, 0.29) is 5.82 Å². The van der Waals surface area contributed by atoms with E-state index in [1.165, 1.54) is 6.07 Å². The van der Waals surface area contributed by atoms with E-state index in [2.05, 4.69) is 29.0 Å². The van der Waals surface area contributed by atoms with Gasteiger partial charge in [-0.3, -0.25) is 0 Å². The lowest BCUT2D eigenvalue weighted by Crippen LogP contribution is -2.05. The van der Waals surface area contributed by atoms with Gasteiger partial charge in [0.05, 0.1) is 11.4 Å². The molecule has 25 heavy (non-hydrogen) atoms. The summed E-state index contributed by atoms with van der Waals surface area (Å²) in [7, 11) is 0. The van der Waals surface area contributed by atoms with Crippen LogP contribution in [0.15, 0.2) is 36.4 Å². The van der Waals surface area contributed by atoms with Crippen LogP contribution in [-0.2, 0) is 6.42 Å². The zero-order valence-electron chi connectivity index (χ0n) is 14.6. The highest BCUT2D eigenvalue weighted by Crippen LogP contribution is 2.25. The van der Waals surface area contributed by atoms with Crippen molar-refractivity contribution in [3.8, 4) is 11.3 Å². The fraction of sp³-hybridized carbons (Fsp3) is 0.400. The number of nitrogens with one attached hydrogen (secondary N) is 1. The van der Waals surface area contributed by atoms with Gasteiger partial charge in [0.15, 0.2) is 5.65 Å². The van der Waals surface area contributed by atoms with Crippen molar-refractivity contribution in [2.45, 2.75) is 45.7 Å². The van der Waals surface area contributed by atoms with E-state index in [9.17, 15) is 8.78 Å². The summed E-state index contributed by atoms with van der Waals surface area (Å²) in [5.74, 6) is 0.235. The SMILES string of the molecule is CC(C)CCC(F)CCc1cc2cc(-c3ccccc3F)[nH]c2nn1. The second kappa shape index (κ2) is 7.72. The first-order valence-electron chi connectivity index (χ1n) is 8.77. The first-order chi connectivity index (χ1) is 12.0. The normalized spacial score (nSPS) is 12.8. The molecular formula is C20H23F2N3. The van der Waals surface area contributed by atoms with Crippen LogP contribution in [0.1, 0.15) is 38.8 Å². The summed E-state index contributed by atoms with van der Waals surface area (Å²) in [4.78, 5) is 3.09. The summed E-state index contributed by atoms with van der Waals surface area (Å²) in [6.07, 6.45) is 1.70. The van der Waals surface area contributed by atoms with Crippen LogP contribution in [0.4, 0.5) is 8.78 Å². The highest BCUT2D eigenvalue weighted by molar-refractivity contribution is 5.82. The fourth-order valence-corrected chi connectivity index (χ4v) is 2.88. The summed E-state index contributed by atoms with van der Waals surface area (Å²) in [5.41, 5.74) is 2.54. The number of hydrogen-bond acceptors (Lipinski definition) is 2. The van der Waals surface area contributed by atoms with Crippen molar-refractivity contribution in [2.75, 3.05) is 0 Å². The van der Waals surface area contributed by atoms with Crippen LogP contribution in [-0.4, -0.2) is 21.4 Å². The van der Waals surface area contributed by atoms with Crippen LogP contribution in [0.25, 0.3) is 22.3 Å². The van der Waals surface area contributed by atoms with Gasteiger partial charge in [-0.1, -0.05) is 26.0 Å². The van der Waals surface area contributed by atoms with Gasteiger partial charge in [0, 0.05) is 10.9 Å². The molecule has 3 nitrogen and oxygen atoms in total. The van der Waals surface area contributed by atoms with E-state index in [1.54, 1.807) is 18.2 Å². The molecule has 0 aliphatic carbocycles. The van der Waals surface area contributed by atoms with Crippen molar-refractivity contribution >= 4 is 11.0 Å². The summed E-state index contributed by atoms with van der Waals surface area (Å²) >= 11 is 0. The lowest BCUT2D eigenvalue weighted by atomic mass is 10.0. The number of aryl methyl sites for hydroxylation is 1. The molecule has 0 saturated heterocycles. The number of rotatable bonds is 7. The minimum atomic E-state index is -0.805. The van der Waals surface area contributed by atoms with E-state index in [0.29, 0.717) is 42.1 Å². The molecule has 5 heteroatoms. The Morgan fingerprint density at radius 1 is 1.04 bits per heavy atom. The van der Waals surface area contributed by atoms with Gasteiger partial charge in [0.2, 0.25) is 0 Å². The minimum Gasteiger partial charge on any atom is -0.338 e. The standard InChI is InChI=1S/C20H23F2N3/c1-13(2)7-8-15(21)9-10-16-11-14-12-19(23-20(14)25-24-16)17-5-3-4-6-18(17)22/h3-6,11-13,15H,7-10H2,1-2H3,(H,23,25). The van der Waals surface area contributed by atoms with Gasteiger partial charge in [-0.25, -0.2) is 8.78 Å². The Kier molecular flexibility index (Phi) is 5.41. The van der Waals surface area contributed by atoms with E-state index in [1.807, 2.05) is 12.1 Å². The molecule has 0 saturated carbocycles. The van der Waals surface area contributed by atoms with Crippen molar-refractivity contribution in [1.82, 2.24) is 15.2 Å². The van der Waals surface area contributed by atoms with Gasteiger partial charge < -0.3 is 4.98 Å². The topological polar surface area (TPSA) is 41.6 Å². The van der Waals surface area contributed by atoms with Gasteiger partial charge in [0.1, 0.15) is 12.0 Å². The Morgan fingerprint density at radius 3 is 2.60 bits per heavy atom. The summed E-state index contributed by atoms with van der Waals surface area (Å²) in [6.45, 7) is 4.20. The maximum atomic E-state index is 13.9. The molecule has 1 atom stereocenters. The average molecular weight is 343 g/mol. The number of aromatic nitrogens is 3. The summed E-state index contributed by atoms with van der Waals surface area (Å²) in [6, 6.07) is 10.4. The molecule has 2 aromatic heterocycles. The summed E-state index contributed by atoms with van der Waals surface area (Å²) < 4.78 is 27.9. The largest absolute Gasteiger partial charge is 0.338 e. The first-order valence-corrected chi connectivity index (χ1v) is 8.77. The smallest absolute Gasteiger partial charge is 0.160 e. The molecule has 1 N–H and O–H groups in total. The van der Waals surface area contributed by atoms with Crippen molar-refractivity contribution in [3.63, 3.8) is 0 Å². The molecule has 3 aromatic rings. The quantitative estimate of drug-likeness (QED) is 0.618. The Balaban J connectivity index is 1.71. The summed E-state index contributed by atoms with van der Waals surface area (Å²) in [5, 5.41) is 9.18. The second-order valence-electron chi connectivity index (χ2n) is 6.91. The molecule has 0 amide bonds. The van der Waals surface area contributed by atoms with Crippen LogP contribution in [0.3, 0.4) is 0 Å². The number of H-pyrrole nitrogens is 1. The van der Waals surface area contributed by atoms with Gasteiger partial charge in [-0.05, 0) is 55.9 Å². The minimum absolute atomic E-state index is 0.285. The number of benzene rings is 1. The molecule has 0 radical (unpaired) electrons. The van der Waals surface area contributed by atoms with Crippen LogP contribution >= 0.6 is 0 Å². The Hall–Kier alpha value is -2.30. The maximum absolute atomic E-state index is 13.9. The molecular weight excluding hydrogens is 320 g/mol. The van der Waals surface area contributed by atoms with Crippen LogP contribution in [0, 0.1) is 11.7 Å². The highest BCUT2D eigenvalue weighted by Gasteiger charge is 2.12. The predicted molar refractivity (Wildman–Crippen MR) is 96.6 cm³/mol. The highest BCUT2D eigenvalue weighted by atomic mass is 19.1. The van der Waals surface area contributed by atoms with E-state index in [4.69, 9.17) is 0 Å². The van der Waals surface area contributed by atoms with E-state index < -0.39 is 6.17 Å². The molecule has 132 valence electrons. The Labute approximate surface area is 146 Å². The third kappa shape index (κ3) is 4.41. The zero-order chi connectivity index (χ0) is 17.8. The van der Waals surface area contributed by atoms with Gasteiger partial charge in [-0.2, -0.15) is 5.10 Å². The molecule has 2 heterocycles. The monoisotopic (exact) mass is 343 g/mol. The van der Waals surface area contributed by atoms with Gasteiger partial charge >= 0.3 is 0 Å². The number of hydrogen-bond donors (Lipinski definition) is 1. The van der Waals surface area contributed by atoms with Crippen LogP contribution < -0.4 is 0 Å². The predicted octanol–water partition coefficient (Wildman–Crippen LogP) is 5.47. The molecule has 1 aromatic carbocycles.